The average Bonchev–Trinajstić information content (AvgIpc) is 3.11. The SMILES string of the molecule is Cc1noc(C)c1CC(=O)N1CCC[C@@H](c2nc(N(C)C)ncc2-c2ccc(F)cc2)C1. The van der Waals surface area contributed by atoms with Gasteiger partial charge in [-0.3, -0.25) is 4.79 Å². The second kappa shape index (κ2) is 9.06. The lowest BCUT2D eigenvalue weighted by Crippen LogP contribution is -2.40. The molecule has 3 aromatic rings. The number of carbonyl (C=O) groups is 1. The first-order valence-corrected chi connectivity index (χ1v) is 10.8. The van der Waals surface area contributed by atoms with E-state index in [4.69, 9.17) is 9.51 Å². The molecule has 0 unspecified atom stereocenters. The van der Waals surface area contributed by atoms with Gasteiger partial charge >= 0.3 is 0 Å². The summed E-state index contributed by atoms with van der Waals surface area (Å²) in [4.78, 5) is 26.2. The lowest BCUT2D eigenvalue weighted by Gasteiger charge is -2.33. The molecule has 1 fully saturated rings. The van der Waals surface area contributed by atoms with Gasteiger partial charge in [0.15, 0.2) is 0 Å². The Morgan fingerprint density at radius 1 is 1.25 bits per heavy atom. The number of amides is 1. The van der Waals surface area contributed by atoms with Gasteiger partial charge in [0.1, 0.15) is 11.6 Å². The number of hydrogen-bond donors (Lipinski definition) is 0. The maximum Gasteiger partial charge on any atom is 0.227 e. The van der Waals surface area contributed by atoms with E-state index in [1.165, 1.54) is 12.1 Å². The summed E-state index contributed by atoms with van der Waals surface area (Å²) in [7, 11) is 3.80. The lowest BCUT2D eigenvalue weighted by atomic mass is 9.89. The van der Waals surface area contributed by atoms with Crippen LogP contribution >= 0.6 is 0 Å². The zero-order chi connectivity index (χ0) is 22.8. The minimum Gasteiger partial charge on any atom is -0.361 e. The highest BCUT2D eigenvalue weighted by molar-refractivity contribution is 5.79. The van der Waals surface area contributed by atoms with E-state index in [-0.39, 0.29) is 24.1 Å². The van der Waals surface area contributed by atoms with Crippen molar-refractivity contribution >= 4 is 11.9 Å². The highest BCUT2D eigenvalue weighted by Crippen LogP contribution is 2.34. The molecule has 0 saturated carbocycles. The standard InChI is InChI=1S/C24H28FN5O2/c1-15-20(16(2)32-28-15)12-22(31)30-11-5-6-18(14-30)23-21(13-26-24(27-23)29(3)4)17-7-9-19(25)10-8-17/h7-10,13,18H,5-6,11-12,14H2,1-4H3/t18-/m1/s1. The number of hydrogen-bond acceptors (Lipinski definition) is 6. The molecular formula is C24H28FN5O2. The molecule has 1 aromatic carbocycles. The largest absolute Gasteiger partial charge is 0.361 e. The number of likely N-dealkylation sites (tertiary alicyclic amines) is 1. The molecule has 32 heavy (non-hydrogen) atoms. The van der Waals surface area contributed by atoms with E-state index in [2.05, 4.69) is 10.1 Å². The van der Waals surface area contributed by atoms with Crippen molar-refractivity contribution in [3.8, 4) is 11.1 Å². The fourth-order valence-electron chi connectivity index (χ4n) is 4.21. The third kappa shape index (κ3) is 4.49. The van der Waals surface area contributed by atoms with E-state index in [0.717, 1.165) is 47.5 Å². The molecule has 2 aromatic heterocycles. The molecule has 7 nitrogen and oxygen atoms in total. The van der Waals surface area contributed by atoms with Crippen molar-refractivity contribution in [2.75, 3.05) is 32.1 Å². The van der Waals surface area contributed by atoms with Crippen LogP contribution in [-0.4, -0.2) is 53.1 Å². The number of carbonyl (C=O) groups excluding carboxylic acids is 1. The van der Waals surface area contributed by atoms with Crippen LogP contribution in [0.25, 0.3) is 11.1 Å². The second-order valence-electron chi connectivity index (χ2n) is 8.53. The number of piperidine rings is 1. The fourth-order valence-corrected chi connectivity index (χ4v) is 4.21. The topological polar surface area (TPSA) is 75.4 Å². The lowest BCUT2D eigenvalue weighted by molar-refractivity contribution is -0.131. The summed E-state index contributed by atoms with van der Waals surface area (Å²) in [5, 5.41) is 3.96. The number of nitrogens with zero attached hydrogens (tertiary/aromatic N) is 5. The molecule has 0 N–H and O–H groups in total. The normalized spacial score (nSPS) is 16.3. The molecule has 8 heteroatoms. The van der Waals surface area contributed by atoms with E-state index >= 15 is 0 Å². The third-order valence-corrected chi connectivity index (χ3v) is 6.03. The molecule has 0 radical (unpaired) electrons. The summed E-state index contributed by atoms with van der Waals surface area (Å²) >= 11 is 0. The molecule has 0 bridgehead atoms. The zero-order valence-electron chi connectivity index (χ0n) is 18.9. The smallest absolute Gasteiger partial charge is 0.227 e. The Kier molecular flexibility index (Phi) is 6.21. The van der Waals surface area contributed by atoms with Crippen molar-refractivity contribution < 1.29 is 13.7 Å². The van der Waals surface area contributed by atoms with Gasteiger partial charge in [0.25, 0.3) is 0 Å². The quantitative estimate of drug-likeness (QED) is 0.603. The number of anilines is 1. The first-order valence-electron chi connectivity index (χ1n) is 10.8. The molecule has 1 saturated heterocycles. The minimum atomic E-state index is -0.283. The Balaban J connectivity index is 1.62. The summed E-state index contributed by atoms with van der Waals surface area (Å²) in [5.41, 5.74) is 4.26. The van der Waals surface area contributed by atoms with Crippen LogP contribution in [0.15, 0.2) is 35.0 Å². The van der Waals surface area contributed by atoms with E-state index < -0.39 is 0 Å². The Bertz CT molecular complexity index is 1090. The number of aromatic nitrogens is 3. The van der Waals surface area contributed by atoms with Gasteiger partial charge in [0.05, 0.1) is 17.8 Å². The van der Waals surface area contributed by atoms with Crippen LogP contribution in [0.3, 0.4) is 0 Å². The van der Waals surface area contributed by atoms with Crippen LogP contribution in [0.5, 0.6) is 0 Å². The predicted molar refractivity (Wildman–Crippen MR) is 120 cm³/mol. The van der Waals surface area contributed by atoms with Crippen LogP contribution < -0.4 is 4.90 Å². The van der Waals surface area contributed by atoms with Crippen LogP contribution in [-0.2, 0) is 11.2 Å². The summed E-state index contributed by atoms with van der Waals surface area (Å²) in [6.07, 6.45) is 3.90. The van der Waals surface area contributed by atoms with Gasteiger partial charge in [-0.15, -0.1) is 0 Å². The van der Waals surface area contributed by atoms with E-state index in [9.17, 15) is 9.18 Å². The number of aryl methyl sites for hydroxylation is 2. The van der Waals surface area contributed by atoms with E-state index in [1.54, 1.807) is 18.3 Å². The van der Waals surface area contributed by atoms with Gasteiger partial charge in [-0.1, -0.05) is 17.3 Å². The van der Waals surface area contributed by atoms with Crippen LogP contribution in [0.4, 0.5) is 10.3 Å². The highest BCUT2D eigenvalue weighted by Gasteiger charge is 2.29. The Morgan fingerprint density at radius 3 is 2.66 bits per heavy atom. The minimum absolute atomic E-state index is 0.0642. The van der Waals surface area contributed by atoms with Crippen LogP contribution in [0.1, 0.15) is 41.5 Å². The van der Waals surface area contributed by atoms with Crippen LogP contribution in [0, 0.1) is 19.7 Å². The predicted octanol–water partition coefficient (Wildman–Crippen LogP) is 3.90. The van der Waals surface area contributed by atoms with Gasteiger partial charge in [-0.05, 0) is 44.4 Å². The first-order chi connectivity index (χ1) is 15.3. The Labute approximate surface area is 187 Å². The average molecular weight is 438 g/mol. The zero-order valence-corrected chi connectivity index (χ0v) is 18.9. The van der Waals surface area contributed by atoms with E-state index in [1.807, 2.05) is 37.7 Å². The molecule has 4 rings (SSSR count). The Morgan fingerprint density at radius 2 is 2.00 bits per heavy atom. The Hall–Kier alpha value is -3.29. The second-order valence-corrected chi connectivity index (χ2v) is 8.53. The van der Waals surface area contributed by atoms with E-state index in [0.29, 0.717) is 18.3 Å². The summed E-state index contributed by atoms with van der Waals surface area (Å²) in [6, 6.07) is 6.38. The van der Waals surface area contributed by atoms with Crippen molar-refractivity contribution in [2.24, 2.45) is 0 Å². The van der Waals surface area contributed by atoms with Crippen LogP contribution in [0.2, 0.25) is 0 Å². The number of benzene rings is 1. The third-order valence-electron chi connectivity index (χ3n) is 6.03. The first kappa shape index (κ1) is 21.9. The summed E-state index contributed by atoms with van der Waals surface area (Å²) in [6.45, 7) is 4.99. The van der Waals surface area contributed by atoms with Gasteiger partial charge in [-0.2, -0.15) is 0 Å². The summed E-state index contributed by atoms with van der Waals surface area (Å²) in [5.74, 6) is 1.16. The molecule has 0 spiro atoms. The molecule has 3 heterocycles. The maximum absolute atomic E-state index is 13.5. The fraction of sp³-hybridized carbons (Fsp3) is 0.417. The molecule has 1 atom stereocenters. The molecular weight excluding hydrogens is 409 g/mol. The van der Waals surface area contributed by atoms with Crippen molar-refractivity contribution in [3.63, 3.8) is 0 Å². The van der Waals surface area contributed by atoms with Gasteiger partial charge in [-0.25, -0.2) is 14.4 Å². The maximum atomic E-state index is 13.5. The van der Waals surface area contributed by atoms with Gasteiger partial charge < -0.3 is 14.3 Å². The van der Waals surface area contributed by atoms with Crippen molar-refractivity contribution in [2.45, 2.75) is 39.0 Å². The monoisotopic (exact) mass is 437 g/mol. The molecule has 1 aliphatic rings. The molecule has 168 valence electrons. The van der Waals surface area contributed by atoms with Crippen molar-refractivity contribution in [1.29, 1.82) is 0 Å². The molecule has 1 aliphatic heterocycles. The highest BCUT2D eigenvalue weighted by atomic mass is 19.1. The molecule has 1 amide bonds. The number of rotatable bonds is 5. The van der Waals surface area contributed by atoms with Crippen molar-refractivity contribution in [1.82, 2.24) is 20.0 Å². The molecule has 0 aliphatic carbocycles. The van der Waals surface area contributed by atoms with Gasteiger partial charge in [0.2, 0.25) is 11.9 Å². The number of halogens is 1. The summed E-state index contributed by atoms with van der Waals surface area (Å²) < 4.78 is 18.7. The van der Waals surface area contributed by atoms with Gasteiger partial charge in [0, 0.05) is 50.4 Å². The van der Waals surface area contributed by atoms with Crippen molar-refractivity contribution in [3.05, 3.63) is 59.0 Å².